The van der Waals surface area contributed by atoms with Crippen LogP contribution in [-0.2, 0) is 13.0 Å². The second-order valence-electron chi connectivity index (χ2n) is 5.59. The molecule has 7 heteroatoms. The van der Waals surface area contributed by atoms with Gasteiger partial charge in [-0.15, -0.1) is 12.4 Å². The average Bonchev–Trinajstić information content (AvgIpc) is 2.53. The van der Waals surface area contributed by atoms with Gasteiger partial charge < -0.3 is 25.3 Å². The predicted molar refractivity (Wildman–Crippen MR) is 86.3 cm³/mol. The number of oxime groups is 1. The number of benzene rings is 1. The van der Waals surface area contributed by atoms with E-state index in [-0.39, 0.29) is 18.4 Å². The molecule has 122 valence electrons. The first-order valence-electron chi connectivity index (χ1n) is 7.18. The van der Waals surface area contributed by atoms with Crippen molar-refractivity contribution < 1.29 is 14.7 Å². The van der Waals surface area contributed by atoms with Crippen molar-refractivity contribution in [3.63, 3.8) is 0 Å². The summed E-state index contributed by atoms with van der Waals surface area (Å²) in [5.41, 5.74) is 9.60. The maximum Gasteiger partial charge on any atom is 0.233 e. The molecular weight excluding hydrogens is 306 g/mol. The van der Waals surface area contributed by atoms with E-state index >= 15 is 0 Å². The summed E-state index contributed by atoms with van der Waals surface area (Å²) in [6.45, 7) is 1.42. The molecule has 0 spiro atoms. The van der Waals surface area contributed by atoms with Gasteiger partial charge in [0.15, 0.2) is 11.5 Å². The summed E-state index contributed by atoms with van der Waals surface area (Å²) in [4.78, 5) is 1.91. The maximum atomic E-state index is 8.92. The highest BCUT2D eigenvalue weighted by atomic mass is 35.5. The summed E-state index contributed by atoms with van der Waals surface area (Å²) in [5, 5.41) is 12.1. The molecule has 0 bridgehead atoms. The van der Waals surface area contributed by atoms with Crippen molar-refractivity contribution in [1.29, 1.82) is 0 Å². The molecule has 0 fully saturated rings. The molecule has 3 rings (SSSR count). The van der Waals surface area contributed by atoms with Crippen LogP contribution in [0, 0.1) is 0 Å². The van der Waals surface area contributed by atoms with Crippen molar-refractivity contribution in [2.24, 2.45) is 10.9 Å². The number of halogens is 1. The molecule has 0 saturated heterocycles. The molecule has 1 aliphatic heterocycles. The summed E-state index contributed by atoms with van der Waals surface area (Å²) in [5.74, 6) is 2.19. The highest BCUT2D eigenvalue weighted by molar-refractivity contribution is 5.85. The van der Waals surface area contributed by atoms with Crippen LogP contribution >= 0.6 is 12.4 Å². The normalized spacial score (nSPS) is 20.0. The number of ether oxygens (including phenoxy) is 2. The fourth-order valence-electron chi connectivity index (χ4n) is 3.66. The van der Waals surface area contributed by atoms with Gasteiger partial charge in [0.1, 0.15) is 0 Å². The molecule has 0 amide bonds. The van der Waals surface area contributed by atoms with Crippen molar-refractivity contribution in [2.75, 3.05) is 20.8 Å². The highest BCUT2D eigenvalue weighted by Gasteiger charge is 2.34. The van der Waals surface area contributed by atoms with Crippen molar-refractivity contribution in [2.45, 2.75) is 31.7 Å². The Morgan fingerprint density at radius 3 is 2.82 bits per heavy atom. The van der Waals surface area contributed by atoms with Gasteiger partial charge in [-0.3, -0.25) is 0 Å². The molecule has 0 saturated carbocycles. The third-order valence-electron chi connectivity index (χ3n) is 4.51. The van der Waals surface area contributed by atoms with Crippen LogP contribution in [0.15, 0.2) is 11.2 Å². The number of hydrogen-bond donors (Lipinski definition) is 2. The first kappa shape index (κ1) is 16.5. The fourth-order valence-corrected chi connectivity index (χ4v) is 3.66. The monoisotopic (exact) mass is 327 g/mol. The molecule has 1 atom stereocenters. The molecule has 0 aromatic heterocycles. The van der Waals surface area contributed by atoms with E-state index in [0.717, 1.165) is 37.3 Å². The third kappa shape index (κ3) is 2.52. The molecule has 1 heterocycles. The fraction of sp³-hybridized carbons (Fsp3) is 0.533. The van der Waals surface area contributed by atoms with Gasteiger partial charge in [0.05, 0.1) is 14.2 Å². The van der Waals surface area contributed by atoms with Crippen LogP contribution in [0.5, 0.6) is 11.5 Å². The SMILES string of the molecule is COc1cc2c3c(c1OC)CCCC3CN(C(N)=NO)C2.Cl. The lowest BCUT2D eigenvalue weighted by molar-refractivity contribution is 0.275. The molecule has 1 aromatic carbocycles. The number of methoxy groups -OCH3 is 2. The lowest BCUT2D eigenvalue weighted by Gasteiger charge is -2.39. The summed E-state index contributed by atoms with van der Waals surface area (Å²) in [7, 11) is 3.34. The van der Waals surface area contributed by atoms with Gasteiger partial charge in [-0.2, -0.15) is 0 Å². The maximum absolute atomic E-state index is 8.92. The summed E-state index contributed by atoms with van der Waals surface area (Å²) in [6, 6.07) is 2.02. The average molecular weight is 328 g/mol. The standard InChI is InChI=1S/C15H21N3O3.ClH/c1-20-12-6-10-8-18(15(16)17-19)7-9-4-3-5-11(13(9)10)14(12)21-2;/h6,9,19H,3-5,7-8H2,1-2H3,(H2,16,17);1H. The van der Waals surface area contributed by atoms with E-state index in [2.05, 4.69) is 5.16 Å². The Hall–Kier alpha value is -1.82. The number of guanidine groups is 1. The summed E-state index contributed by atoms with van der Waals surface area (Å²) >= 11 is 0. The molecule has 0 radical (unpaired) electrons. The number of rotatable bonds is 2. The van der Waals surface area contributed by atoms with Gasteiger partial charge in [-0.05, 0) is 36.5 Å². The third-order valence-corrected chi connectivity index (χ3v) is 4.51. The Labute approximate surface area is 136 Å². The summed E-state index contributed by atoms with van der Waals surface area (Å²) < 4.78 is 11.0. The molecule has 6 nitrogen and oxygen atoms in total. The topological polar surface area (TPSA) is 80.3 Å². The minimum absolute atomic E-state index is 0. The zero-order chi connectivity index (χ0) is 15.0. The Balaban J connectivity index is 0.00000176. The second-order valence-corrected chi connectivity index (χ2v) is 5.59. The van der Waals surface area contributed by atoms with Crippen LogP contribution < -0.4 is 15.2 Å². The largest absolute Gasteiger partial charge is 0.493 e. The van der Waals surface area contributed by atoms with E-state index < -0.39 is 0 Å². The van der Waals surface area contributed by atoms with E-state index in [0.29, 0.717) is 12.5 Å². The first-order chi connectivity index (χ1) is 10.2. The van der Waals surface area contributed by atoms with Crippen molar-refractivity contribution in [3.05, 3.63) is 22.8 Å². The molecule has 1 aromatic rings. The minimum Gasteiger partial charge on any atom is -0.493 e. The van der Waals surface area contributed by atoms with E-state index in [1.165, 1.54) is 16.7 Å². The molecule has 2 aliphatic rings. The van der Waals surface area contributed by atoms with E-state index in [4.69, 9.17) is 20.4 Å². The number of nitrogens with two attached hydrogens (primary N) is 1. The van der Waals surface area contributed by atoms with E-state index in [1.54, 1.807) is 14.2 Å². The van der Waals surface area contributed by atoms with Crippen LogP contribution in [0.3, 0.4) is 0 Å². The molecule has 3 N–H and O–H groups in total. The van der Waals surface area contributed by atoms with Crippen molar-refractivity contribution in [3.8, 4) is 11.5 Å². The van der Waals surface area contributed by atoms with Gasteiger partial charge in [0, 0.05) is 24.6 Å². The lowest BCUT2D eigenvalue weighted by Crippen LogP contribution is -2.43. The van der Waals surface area contributed by atoms with Crippen LogP contribution in [0.4, 0.5) is 0 Å². The summed E-state index contributed by atoms with van der Waals surface area (Å²) in [6.07, 6.45) is 3.25. The van der Waals surface area contributed by atoms with Crippen LogP contribution in [0.1, 0.15) is 35.4 Å². The van der Waals surface area contributed by atoms with Crippen molar-refractivity contribution in [1.82, 2.24) is 4.90 Å². The molecular formula is C15H22ClN3O3. The van der Waals surface area contributed by atoms with Gasteiger partial charge in [0.25, 0.3) is 0 Å². The quantitative estimate of drug-likeness (QED) is 0.376. The molecule has 1 unspecified atom stereocenters. The minimum atomic E-state index is 0. The van der Waals surface area contributed by atoms with Crippen LogP contribution in [0.25, 0.3) is 0 Å². The number of hydrogen-bond acceptors (Lipinski definition) is 4. The Bertz CT molecular complexity index is 592. The zero-order valence-electron chi connectivity index (χ0n) is 12.8. The highest BCUT2D eigenvalue weighted by Crippen LogP contribution is 2.46. The molecule has 22 heavy (non-hydrogen) atoms. The molecule has 1 aliphatic carbocycles. The number of nitrogens with zero attached hydrogens (tertiary/aromatic N) is 2. The van der Waals surface area contributed by atoms with Gasteiger partial charge in [0.2, 0.25) is 5.96 Å². The zero-order valence-corrected chi connectivity index (χ0v) is 13.7. The predicted octanol–water partition coefficient (Wildman–Crippen LogP) is 2.06. The van der Waals surface area contributed by atoms with E-state index in [9.17, 15) is 0 Å². The van der Waals surface area contributed by atoms with Crippen molar-refractivity contribution >= 4 is 18.4 Å². The Morgan fingerprint density at radius 1 is 1.41 bits per heavy atom. The van der Waals surface area contributed by atoms with Gasteiger partial charge in [-0.1, -0.05) is 5.16 Å². The van der Waals surface area contributed by atoms with Gasteiger partial charge in [-0.25, -0.2) is 0 Å². The van der Waals surface area contributed by atoms with Crippen LogP contribution in [0.2, 0.25) is 0 Å². The second kappa shape index (κ2) is 6.52. The lowest BCUT2D eigenvalue weighted by atomic mass is 9.77. The van der Waals surface area contributed by atoms with E-state index in [1.807, 2.05) is 11.0 Å². The Kier molecular flexibility index (Phi) is 4.90. The van der Waals surface area contributed by atoms with Crippen LogP contribution in [-0.4, -0.2) is 36.8 Å². The first-order valence-corrected chi connectivity index (χ1v) is 7.18. The Morgan fingerprint density at radius 2 is 2.18 bits per heavy atom. The smallest absolute Gasteiger partial charge is 0.233 e. The van der Waals surface area contributed by atoms with Gasteiger partial charge >= 0.3 is 0 Å².